The molecule has 7 heteroatoms. The molecule has 0 heterocycles. The third kappa shape index (κ3) is 4.81. The number of ketones is 1. The first-order chi connectivity index (χ1) is 12.8. The molecule has 3 rings (SSSR count). The van der Waals surface area contributed by atoms with Crippen LogP contribution < -0.4 is 4.72 Å². The molecule has 0 bridgehead atoms. The Labute approximate surface area is 158 Å². The summed E-state index contributed by atoms with van der Waals surface area (Å²) in [5.74, 6) is -1.04. The smallest absolute Gasteiger partial charge is 0.338 e. The Morgan fingerprint density at radius 1 is 1.11 bits per heavy atom. The molecule has 1 N–H and O–H groups in total. The summed E-state index contributed by atoms with van der Waals surface area (Å²) in [5, 5.41) is 0. The van der Waals surface area contributed by atoms with Crippen molar-refractivity contribution in [3.8, 4) is 0 Å². The van der Waals surface area contributed by atoms with Crippen molar-refractivity contribution in [1.29, 1.82) is 0 Å². The van der Waals surface area contributed by atoms with E-state index in [9.17, 15) is 18.0 Å². The standard InChI is InChI=1S/C20H21NO5S/c1-13-6-7-14(2)18(10-13)19(22)12-26-20(23)15-4-3-5-17(11-15)27(24,25)21-16-8-9-16/h3-7,10-11,16,21H,8-9,12H2,1-2H3. The zero-order valence-electron chi connectivity index (χ0n) is 15.2. The SMILES string of the molecule is Cc1ccc(C)c(C(=O)COC(=O)c2cccc(S(=O)(=O)NC3CC3)c2)c1. The second-order valence-corrected chi connectivity index (χ2v) is 8.46. The summed E-state index contributed by atoms with van der Waals surface area (Å²) in [6.45, 7) is 3.29. The number of benzene rings is 2. The van der Waals surface area contributed by atoms with E-state index < -0.39 is 22.6 Å². The van der Waals surface area contributed by atoms with E-state index in [4.69, 9.17) is 4.74 Å². The van der Waals surface area contributed by atoms with Gasteiger partial charge in [0.1, 0.15) is 0 Å². The normalized spacial score (nSPS) is 14.0. The van der Waals surface area contributed by atoms with Gasteiger partial charge in [-0.15, -0.1) is 0 Å². The number of nitrogens with one attached hydrogen (secondary N) is 1. The number of carbonyl (C=O) groups is 2. The molecule has 0 aliphatic heterocycles. The Hall–Kier alpha value is -2.51. The average Bonchev–Trinajstić information content (AvgIpc) is 3.44. The van der Waals surface area contributed by atoms with Crippen LogP contribution in [0.4, 0.5) is 0 Å². The van der Waals surface area contributed by atoms with Gasteiger partial charge in [-0.1, -0.05) is 23.8 Å². The molecule has 1 fully saturated rings. The summed E-state index contributed by atoms with van der Waals surface area (Å²) in [4.78, 5) is 24.6. The van der Waals surface area contributed by atoms with Crippen LogP contribution in [-0.4, -0.2) is 32.8 Å². The maximum atomic E-state index is 12.3. The van der Waals surface area contributed by atoms with Gasteiger partial charge >= 0.3 is 5.97 Å². The van der Waals surface area contributed by atoms with Gasteiger partial charge in [0.15, 0.2) is 6.61 Å². The third-order valence-electron chi connectivity index (χ3n) is 4.31. The van der Waals surface area contributed by atoms with Gasteiger partial charge in [-0.25, -0.2) is 17.9 Å². The van der Waals surface area contributed by atoms with Crippen LogP contribution >= 0.6 is 0 Å². The van der Waals surface area contributed by atoms with Crippen molar-refractivity contribution in [2.45, 2.75) is 37.6 Å². The van der Waals surface area contributed by atoms with E-state index in [1.165, 1.54) is 24.3 Å². The molecule has 1 saturated carbocycles. The number of ether oxygens (including phenoxy) is 1. The summed E-state index contributed by atoms with van der Waals surface area (Å²) < 4.78 is 32.2. The zero-order valence-corrected chi connectivity index (χ0v) is 16.0. The lowest BCUT2D eigenvalue weighted by molar-refractivity contribution is 0.0474. The highest BCUT2D eigenvalue weighted by atomic mass is 32.2. The molecule has 1 aliphatic rings. The first kappa shape index (κ1) is 19.3. The fraction of sp³-hybridized carbons (Fsp3) is 0.300. The Kier molecular flexibility index (Phi) is 5.43. The molecule has 1 aliphatic carbocycles. The van der Waals surface area contributed by atoms with Crippen molar-refractivity contribution >= 4 is 21.8 Å². The summed E-state index contributed by atoms with van der Waals surface area (Å²) >= 11 is 0. The molecule has 0 spiro atoms. The molecule has 0 atom stereocenters. The third-order valence-corrected chi connectivity index (χ3v) is 5.83. The number of aryl methyl sites for hydroxylation is 2. The highest BCUT2D eigenvalue weighted by Gasteiger charge is 2.28. The quantitative estimate of drug-likeness (QED) is 0.583. The van der Waals surface area contributed by atoms with Gasteiger partial charge in [0, 0.05) is 11.6 Å². The van der Waals surface area contributed by atoms with Gasteiger partial charge in [0.05, 0.1) is 10.5 Å². The predicted octanol–water partition coefficient (Wildman–Crippen LogP) is 2.78. The van der Waals surface area contributed by atoms with Gasteiger partial charge in [0.25, 0.3) is 0 Å². The molecule has 0 amide bonds. The fourth-order valence-corrected chi connectivity index (χ4v) is 3.96. The van der Waals surface area contributed by atoms with Crippen LogP contribution in [-0.2, 0) is 14.8 Å². The number of esters is 1. The minimum atomic E-state index is -3.66. The van der Waals surface area contributed by atoms with E-state index in [0.29, 0.717) is 5.56 Å². The maximum Gasteiger partial charge on any atom is 0.338 e. The number of carbonyl (C=O) groups excluding carboxylic acids is 2. The Morgan fingerprint density at radius 2 is 1.85 bits per heavy atom. The summed E-state index contributed by atoms with van der Waals surface area (Å²) in [5.41, 5.74) is 2.34. The molecule has 0 saturated heterocycles. The lowest BCUT2D eigenvalue weighted by Gasteiger charge is -2.09. The van der Waals surface area contributed by atoms with E-state index >= 15 is 0 Å². The van der Waals surface area contributed by atoms with Crippen LogP contribution in [0.5, 0.6) is 0 Å². The van der Waals surface area contributed by atoms with Gasteiger partial charge in [0.2, 0.25) is 15.8 Å². The van der Waals surface area contributed by atoms with Gasteiger partial charge in [-0.05, 0) is 56.5 Å². The molecule has 0 aromatic heterocycles. The summed E-state index contributed by atoms with van der Waals surface area (Å²) in [6, 6.07) is 11.1. The molecule has 0 radical (unpaired) electrons. The fourth-order valence-electron chi connectivity index (χ4n) is 2.61. The number of rotatable bonds is 7. The van der Waals surface area contributed by atoms with Crippen molar-refractivity contribution < 1.29 is 22.7 Å². The minimum absolute atomic E-state index is 0.00436. The van der Waals surface area contributed by atoms with E-state index in [2.05, 4.69) is 4.72 Å². The lowest BCUT2D eigenvalue weighted by Crippen LogP contribution is -2.26. The molecular formula is C20H21NO5S. The minimum Gasteiger partial charge on any atom is -0.454 e. The van der Waals surface area contributed by atoms with Gasteiger partial charge in [-0.2, -0.15) is 0 Å². The van der Waals surface area contributed by atoms with Crippen molar-refractivity contribution in [3.05, 3.63) is 64.7 Å². The highest BCUT2D eigenvalue weighted by Crippen LogP contribution is 2.22. The van der Waals surface area contributed by atoms with Gasteiger partial charge < -0.3 is 4.74 Å². The zero-order chi connectivity index (χ0) is 19.6. The Bertz CT molecular complexity index is 993. The molecule has 6 nitrogen and oxygen atoms in total. The van der Waals surface area contributed by atoms with Crippen molar-refractivity contribution in [3.63, 3.8) is 0 Å². The van der Waals surface area contributed by atoms with Crippen LogP contribution in [0.15, 0.2) is 47.4 Å². The van der Waals surface area contributed by atoms with Crippen LogP contribution in [0.2, 0.25) is 0 Å². The van der Waals surface area contributed by atoms with Crippen LogP contribution in [0.25, 0.3) is 0 Å². The first-order valence-corrected chi connectivity index (χ1v) is 10.1. The topological polar surface area (TPSA) is 89.5 Å². The summed E-state index contributed by atoms with van der Waals surface area (Å²) in [6.07, 6.45) is 1.64. The summed E-state index contributed by atoms with van der Waals surface area (Å²) in [7, 11) is -3.66. The van der Waals surface area contributed by atoms with Crippen LogP contribution in [0.1, 0.15) is 44.7 Å². The van der Waals surface area contributed by atoms with E-state index in [1.54, 1.807) is 6.07 Å². The van der Waals surface area contributed by atoms with E-state index in [-0.39, 0.29) is 22.3 Å². The van der Waals surface area contributed by atoms with Crippen molar-refractivity contribution in [2.75, 3.05) is 6.61 Å². The van der Waals surface area contributed by atoms with E-state index in [0.717, 1.165) is 24.0 Å². The molecular weight excluding hydrogens is 366 g/mol. The van der Waals surface area contributed by atoms with Crippen LogP contribution in [0.3, 0.4) is 0 Å². The van der Waals surface area contributed by atoms with E-state index in [1.807, 2.05) is 26.0 Å². The predicted molar refractivity (Wildman–Crippen MR) is 100 cm³/mol. The van der Waals surface area contributed by atoms with Crippen LogP contribution in [0, 0.1) is 13.8 Å². The monoisotopic (exact) mass is 387 g/mol. The van der Waals surface area contributed by atoms with Gasteiger partial charge in [-0.3, -0.25) is 4.79 Å². The lowest BCUT2D eigenvalue weighted by atomic mass is 10.0. The first-order valence-electron chi connectivity index (χ1n) is 8.66. The molecule has 142 valence electrons. The van der Waals surface area contributed by atoms with Crippen molar-refractivity contribution in [1.82, 2.24) is 4.72 Å². The molecule has 0 unspecified atom stereocenters. The molecule has 2 aromatic rings. The Balaban J connectivity index is 1.68. The number of Topliss-reactive ketones (excluding diaryl/α,β-unsaturated/α-hetero) is 1. The molecule has 2 aromatic carbocycles. The Morgan fingerprint density at radius 3 is 2.56 bits per heavy atom. The second kappa shape index (κ2) is 7.62. The highest BCUT2D eigenvalue weighted by molar-refractivity contribution is 7.89. The molecule has 27 heavy (non-hydrogen) atoms. The second-order valence-electron chi connectivity index (χ2n) is 6.74. The number of hydrogen-bond acceptors (Lipinski definition) is 5. The van der Waals surface area contributed by atoms with Crippen molar-refractivity contribution in [2.24, 2.45) is 0 Å². The average molecular weight is 387 g/mol. The number of sulfonamides is 1. The maximum absolute atomic E-state index is 12.3. The number of hydrogen-bond donors (Lipinski definition) is 1. The largest absolute Gasteiger partial charge is 0.454 e.